The summed E-state index contributed by atoms with van der Waals surface area (Å²) in [7, 11) is 0. The zero-order chi connectivity index (χ0) is 19.2. The molecule has 1 fully saturated rings. The van der Waals surface area contributed by atoms with Gasteiger partial charge in [-0.2, -0.15) is 0 Å². The van der Waals surface area contributed by atoms with Crippen LogP contribution in [-0.2, 0) is 9.59 Å². The number of rotatable bonds is 13. The van der Waals surface area contributed by atoms with Crippen LogP contribution in [0.25, 0.3) is 0 Å². The first kappa shape index (κ1) is 22.9. The van der Waals surface area contributed by atoms with Gasteiger partial charge in [0.1, 0.15) is 0 Å². The molecule has 0 radical (unpaired) electrons. The van der Waals surface area contributed by atoms with Crippen LogP contribution >= 0.6 is 0 Å². The van der Waals surface area contributed by atoms with Crippen molar-refractivity contribution >= 4 is 11.8 Å². The molecule has 5 heteroatoms. The Bertz CT molecular complexity index is 391. The van der Waals surface area contributed by atoms with Crippen LogP contribution in [0, 0.1) is 5.92 Å². The standard InChI is InChI=1S/C21H41N3O2/c1-4-14-22-17-20(25)23-19-12-15-24(16-13-19)21(26)11-9-7-5-6-8-10-18(2)3/h18-19,22H,4-17H2,1-3H3,(H,23,25). The highest BCUT2D eigenvalue weighted by Gasteiger charge is 2.23. The first-order valence-electron chi connectivity index (χ1n) is 10.8. The van der Waals surface area contributed by atoms with Crippen LogP contribution in [0.5, 0.6) is 0 Å². The highest BCUT2D eigenvalue weighted by Crippen LogP contribution is 2.15. The van der Waals surface area contributed by atoms with Crippen LogP contribution in [0.1, 0.15) is 85.0 Å². The summed E-state index contributed by atoms with van der Waals surface area (Å²) in [6.45, 7) is 9.46. The van der Waals surface area contributed by atoms with E-state index in [-0.39, 0.29) is 11.9 Å². The first-order chi connectivity index (χ1) is 12.5. The Hall–Kier alpha value is -1.10. The number of hydrogen-bond donors (Lipinski definition) is 2. The Morgan fingerprint density at radius 2 is 1.69 bits per heavy atom. The molecule has 152 valence electrons. The van der Waals surface area contributed by atoms with Gasteiger partial charge in [-0.25, -0.2) is 0 Å². The molecule has 2 amide bonds. The topological polar surface area (TPSA) is 61.4 Å². The Morgan fingerprint density at radius 3 is 2.35 bits per heavy atom. The summed E-state index contributed by atoms with van der Waals surface area (Å²) in [6, 6.07) is 0.218. The molecule has 0 saturated carbocycles. The van der Waals surface area contributed by atoms with E-state index in [0.29, 0.717) is 18.9 Å². The van der Waals surface area contributed by atoms with E-state index in [1.165, 1.54) is 32.1 Å². The summed E-state index contributed by atoms with van der Waals surface area (Å²) in [5, 5.41) is 6.20. The van der Waals surface area contributed by atoms with Gasteiger partial charge in [0.05, 0.1) is 6.54 Å². The van der Waals surface area contributed by atoms with Crippen LogP contribution in [0.3, 0.4) is 0 Å². The normalized spacial score (nSPS) is 15.5. The summed E-state index contributed by atoms with van der Waals surface area (Å²) >= 11 is 0. The van der Waals surface area contributed by atoms with E-state index in [0.717, 1.165) is 51.2 Å². The Balaban J connectivity index is 2.05. The van der Waals surface area contributed by atoms with Gasteiger partial charge in [-0.3, -0.25) is 9.59 Å². The number of unbranched alkanes of at least 4 members (excludes halogenated alkanes) is 4. The molecule has 0 aromatic carbocycles. The third-order valence-corrected chi connectivity index (χ3v) is 5.10. The highest BCUT2D eigenvalue weighted by molar-refractivity contribution is 5.78. The van der Waals surface area contributed by atoms with Gasteiger partial charge in [0, 0.05) is 25.6 Å². The molecule has 1 aliphatic heterocycles. The molecule has 0 spiro atoms. The van der Waals surface area contributed by atoms with Crippen molar-refractivity contribution in [2.24, 2.45) is 5.92 Å². The van der Waals surface area contributed by atoms with Gasteiger partial charge in [0.15, 0.2) is 0 Å². The Kier molecular flexibility index (Phi) is 12.4. The van der Waals surface area contributed by atoms with Gasteiger partial charge < -0.3 is 15.5 Å². The fourth-order valence-corrected chi connectivity index (χ4v) is 3.45. The molecule has 0 unspecified atom stereocenters. The average molecular weight is 368 g/mol. The minimum absolute atomic E-state index is 0.0701. The molecule has 5 nitrogen and oxygen atoms in total. The van der Waals surface area contributed by atoms with Crippen LogP contribution in [0.2, 0.25) is 0 Å². The number of amides is 2. The second kappa shape index (κ2) is 14.0. The van der Waals surface area contributed by atoms with Crippen molar-refractivity contribution in [2.75, 3.05) is 26.2 Å². The molecule has 1 saturated heterocycles. The average Bonchev–Trinajstić information content (AvgIpc) is 2.61. The zero-order valence-corrected chi connectivity index (χ0v) is 17.3. The summed E-state index contributed by atoms with van der Waals surface area (Å²) in [5.41, 5.74) is 0. The summed E-state index contributed by atoms with van der Waals surface area (Å²) in [4.78, 5) is 26.1. The molecule has 1 aliphatic rings. The van der Waals surface area contributed by atoms with E-state index in [1.807, 2.05) is 4.90 Å². The highest BCUT2D eigenvalue weighted by atomic mass is 16.2. The van der Waals surface area contributed by atoms with Gasteiger partial charge in [0.25, 0.3) is 0 Å². The molecule has 26 heavy (non-hydrogen) atoms. The van der Waals surface area contributed by atoms with E-state index in [9.17, 15) is 9.59 Å². The van der Waals surface area contributed by atoms with Crippen molar-refractivity contribution in [3.8, 4) is 0 Å². The van der Waals surface area contributed by atoms with Crippen LogP contribution in [0.4, 0.5) is 0 Å². The summed E-state index contributed by atoms with van der Waals surface area (Å²) in [6.07, 6.45) is 10.8. The molecule has 0 aliphatic carbocycles. The minimum atomic E-state index is 0.0701. The maximum absolute atomic E-state index is 12.3. The van der Waals surface area contributed by atoms with E-state index in [1.54, 1.807) is 0 Å². The lowest BCUT2D eigenvalue weighted by molar-refractivity contribution is -0.132. The second-order valence-corrected chi connectivity index (χ2v) is 8.10. The van der Waals surface area contributed by atoms with Crippen LogP contribution < -0.4 is 10.6 Å². The molecular weight excluding hydrogens is 326 g/mol. The maximum atomic E-state index is 12.3. The molecule has 1 heterocycles. The van der Waals surface area contributed by atoms with Gasteiger partial charge in [-0.1, -0.05) is 52.9 Å². The molecule has 1 rings (SSSR count). The number of likely N-dealkylation sites (tertiary alicyclic amines) is 1. The zero-order valence-electron chi connectivity index (χ0n) is 17.3. The number of carbonyl (C=O) groups is 2. The number of carbonyl (C=O) groups excluding carboxylic acids is 2. The number of hydrogen-bond acceptors (Lipinski definition) is 3. The van der Waals surface area contributed by atoms with Crippen molar-refractivity contribution in [1.29, 1.82) is 0 Å². The van der Waals surface area contributed by atoms with Gasteiger partial charge in [0.2, 0.25) is 11.8 Å². The fraction of sp³-hybridized carbons (Fsp3) is 0.905. The van der Waals surface area contributed by atoms with E-state index >= 15 is 0 Å². The largest absolute Gasteiger partial charge is 0.352 e. The maximum Gasteiger partial charge on any atom is 0.234 e. The van der Waals surface area contributed by atoms with Crippen molar-refractivity contribution in [1.82, 2.24) is 15.5 Å². The SMILES string of the molecule is CCCNCC(=O)NC1CCN(C(=O)CCCCCCCC(C)C)CC1. The molecule has 0 aromatic rings. The van der Waals surface area contributed by atoms with Gasteiger partial charge in [-0.05, 0) is 38.1 Å². The quantitative estimate of drug-likeness (QED) is 0.490. The second-order valence-electron chi connectivity index (χ2n) is 8.10. The van der Waals surface area contributed by atoms with Gasteiger partial charge >= 0.3 is 0 Å². The third-order valence-electron chi connectivity index (χ3n) is 5.10. The lowest BCUT2D eigenvalue weighted by atomic mass is 10.0. The van der Waals surface area contributed by atoms with E-state index in [4.69, 9.17) is 0 Å². The van der Waals surface area contributed by atoms with Gasteiger partial charge in [-0.15, -0.1) is 0 Å². The Labute approximate surface area is 160 Å². The van der Waals surface area contributed by atoms with Crippen LogP contribution in [0.15, 0.2) is 0 Å². The molecule has 0 bridgehead atoms. The Morgan fingerprint density at radius 1 is 1.04 bits per heavy atom. The lowest BCUT2D eigenvalue weighted by Crippen LogP contribution is -2.48. The van der Waals surface area contributed by atoms with Crippen molar-refractivity contribution in [2.45, 2.75) is 91.0 Å². The van der Waals surface area contributed by atoms with Crippen molar-refractivity contribution in [3.05, 3.63) is 0 Å². The number of nitrogens with one attached hydrogen (secondary N) is 2. The van der Waals surface area contributed by atoms with E-state index in [2.05, 4.69) is 31.4 Å². The van der Waals surface area contributed by atoms with Crippen molar-refractivity contribution < 1.29 is 9.59 Å². The predicted octanol–water partition coefficient (Wildman–Crippen LogP) is 3.48. The lowest BCUT2D eigenvalue weighted by Gasteiger charge is -2.32. The molecule has 0 aromatic heterocycles. The predicted molar refractivity (Wildman–Crippen MR) is 108 cm³/mol. The monoisotopic (exact) mass is 367 g/mol. The van der Waals surface area contributed by atoms with E-state index < -0.39 is 0 Å². The smallest absolute Gasteiger partial charge is 0.234 e. The third kappa shape index (κ3) is 10.8. The molecule has 2 N–H and O–H groups in total. The first-order valence-corrected chi connectivity index (χ1v) is 10.8. The molecule has 0 atom stereocenters. The van der Waals surface area contributed by atoms with Crippen molar-refractivity contribution in [3.63, 3.8) is 0 Å². The minimum Gasteiger partial charge on any atom is -0.352 e. The summed E-state index contributed by atoms with van der Waals surface area (Å²) < 4.78 is 0. The molecular formula is C21H41N3O2. The van der Waals surface area contributed by atoms with Crippen LogP contribution in [-0.4, -0.2) is 48.9 Å². The fourth-order valence-electron chi connectivity index (χ4n) is 3.45. The number of piperidine rings is 1. The summed E-state index contributed by atoms with van der Waals surface area (Å²) in [5.74, 6) is 1.17. The number of nitrogens with zero attached hydrogens (tertiary/aromatic N) is 1.